The van der Waals surface area contributed by atoms with Crippen molar-refractivity contribution in [2.45, 2.75) is 24.7 Å². The van der Waals surface area contributed by atoms with Gasteiger partial charge in [0, 0.05) is 30.9 Å². The molecule has 7 heteroatoms. The van der Waals surface area contributed by atoms with Crippen molar-refractivity contribution in [3.63, 3.8) is 0 Å². The molecule has 130 valence electrons. The van der Waals surface area contributed by atoms with Gasteiger partial charge >= 0.3 is 0 Å². The number of nitrogens with one attached hydrogen (secondary N) is 1. The summed E-state index contributed by atoms with van der Waals surface area (Å²) < 4.78 is 16.0. The van der Waals surface area contributed by atoms with Crippen LogP contribution in [0.5, 0.6) is 0 Å². The highest BCUT2D eigenvalue weighted by Gasteiger charge is 2.79. The number of anilines is 1. The number of carbonyl (C=O) groups is 1. The van der Waals surface area contributed by atoms with E-state index in [1.807, 2.05) is 12.1 Å². The van der Waals surface area contributed by atoms with E-state index < -0.39 is 11.2 Å². The molecule has 0 aromatic carbocycles. The summed E-state index contributed by atoms with van der Waals surface area (Å²) in [5.41, 5.74) is 0.0956. The molecule has 5 rings (SSSR count). The second-order valence-corrected chi connectivity index (χ2v) is 7.00. The van der Waals surface area contributed by atoms with E-state index in [2.05, 4.69) is 20.4 Å². The van der Waals surface area contributed by atoms with Crippen LogP contribution in [0.3, 0.4) is 0 Å². The van der Waals surface area contributed by atoms with Crippen LogP contribution in [0.4, 0.5) is 10.2 Å². The molecule has 1 amide bonds. The van der Waals surface area contributed by atoms with Gasteiger partial charge in [-0.05, 0) is 48.9 Å². The zero-order valence-electron chi connectivity index (χ0n) is 13.9. The molecule has 2 fully saturated rings. The van der Waals surface area contributed by atoms with Crippen molar-refractivity contribution in [1.82, 2.24) is 19.7 Å². The number of rotatable bonds is 4. The summed E-state index contributed by atoms with van der Waals surface area (Å²) >= 11 is 0. The van der Waals surface area contributed by atoms with Crippen molar-refractivity contribution in [1.29, 1.82) is 0 Å². The van der Waals surface area contributed by atoms with Crippen LogP contribution in [0.25, 0.3) is 5.69 Å². The van der Waals surface area contributed by atoms with Crippen LogP contribution in [0.15, 0.2) is 55.1 Å². The molecule has 1 N–H and O–H groups in total. The molecule has 2 saturated carbocycles. The second-order valence-electron chi connectivity index (χ2n) is 7.00. The Balaban J connectivity index is 1.44. The fraction of sp³-hybridized carbons (Fsp3) is 0.263. The van der Waals surface area contributed by atoms with Gasteiger partial charge in [0.15, 0.2) is 5.82 Å². The molecule has 3 aromatic rings. The Morgan fingerprint density at radius 1 is 1.15 bits per heavy atom. The predicted molar refractivity (Wildman–Crippen MR) is 92.1 cm³/mol. The van der Waals surface area contributed by atoms with Gasteiger partial charge in [0.05, 0.1) is 11.4 Å². The maximum Gasteiger partial charge on any atom is 0.238 e. The van der Waals surface area contributed by atoms with E-state index in [9.17, 15) is 9.18 Å². The Morgan fingerprint density at radius 3 is 2.65 bits per heavy atom. The Kier molecular flexibility index (Phi) is 3.04. The summed E-state index contributed by atoms with van der Waals surface area (Å²) in [6.45, 7) is 0. The smallest absolute Gasteiger partial charge is 0.238 e. The van der Waals surface area contributed by atoms with Gasteiger partial charge in [0.25, 0.3) is 0 Å². The Morgan fingerprint density at radius 2 is 1.96 bits per heavy atom. The lowest BCUT2D eigenvalue weighted by Gasteiger charge is -2.16. The average molecular weight is 349 g/mol. The van der Waals surface area contributed by atoms with Gasteiger partial charge in [0.1, 0.15) is 11.2 Å². The molecule has 2 aliphatic rings. The molecule has 26 heavy (non-hydrogen) atoms. The fourth-order valence-corrected chi connectivity index (χ4v) is 3.94. The first-order chi connectivity index (χ1) is 12.6. The molecule has 0 saturated heterocycles. The highest BCUT2D eigenvalue weighted by atomic mass is 19.1. The first-order valence-electron chi connectivity index (χ1n) is 8.53. The van der Waals surface area contributed by atoms with Gasteiger partial charge in [0.2, 0.25) is 5.91 Å². The maximum atomic E-state index is 14.4. The van der Waals surface area contributed by atoms with E-state index in [0.29, 0.717) is 12.2 Å². The van der Waals surface area contributed by atoms with Crippen LogP contribution in [-0.4, -0.2) is 25.7 Å². The summed E-state index contributed by atoms with van der Waals surface area (Å²) in [6.07, 6.45) is 9.16. The quantitative estimate of drug-likeness (QED) is 0.786. The molecule has 1 unspecified atom stereocenters. The van der Waals surface area contributed by atoms with Crippen LogP contribution >= 0.6 is 0 Å². The molecule has 0 radical (unpaired) electrons. The molecule has 0 aliphatic heterocycles. The summed E-state index contributed by atoms with van der Waals surface area (Å²) in [7, 11) is 0. The standard InChI is InChI=1S/C19H16FN5O/c20-14-2-1-8-22-16(14)19(12-18(19)6-7-18)17(26)23-15-5-11-25(24-15)13-3-9-21-10-4-13/h1-5,8-11H,6-7,12H2,(H,23,24,26). The number of pyridine rings is 2. The predicted octanol–water partition coefficient (Wildman–Crippen LogP) is 2.86. The number of aromatic nitrogens is 4. The number of halogens is 1. The summed E-state index contributed by atoms with van der Waals surface area (Å²) in [4.78, 5) is 21.2. The maximum absolute atomic E-state index is 14.4. The van der Waals surface area contributed by atoms with Crippen LogP contribution in [0.1, 0.15) is 25.0 Å². The molecule has 0 bridgehead atoms. The Labute approximate surface area is 149 Å². The number of hydrogen-bond donors (Lipinski definition) is 1. The van der Waals surface area contributed by atoms with Crippen molar-refractivity contribution < 1.29 is 9.18 Å². The molecule has 2 aliphatic carbocycles. The average Bonchev–Trinajstić information content (AvgIpc) is 3.53. The Bertz CT molecular complexity index is 998. The Hall–Kier alpha value is -3.09. The van der Waals surface area contributed by atoms with Gasteiger partial charge in [-0.2, -0.15) is 5.10 Å². The van der Waals surface area contributed by atoms with Crippen LogP contribution in [0, 0.1) is 11.2 Å². The van der Waals surface area contributed by atoms with Crippen LogP contribution < -0.4 is 5.32 Å². The molecular weight excluding hydrogens is 333 g/mol. The highest BCUT2D eigenvalue weighted by Crippen LogP contribution is 2.78. The normalized spacial score (nSPS) is 22.2. The lowest BCUT2D eigenvalue weighted by Crippen LogP contribution is -2.32. The number of carbonyl (C=O) groups excluding carboxylic acids is 1. The minimum atomic E-state index is -0.876. The minimum Gasteiger partial charge on any atom is -0.308 e. The largest absolute Gasteiger partial charge is 0.308 e. The van der Waals surface area contributed by atoms with Gasteiger partial charge < -0.3 is 5.32 Å². The van der Waals surface area contributed by atoms with E-state index in [1.54, 1.807) is 41.6 Å². The van der Waals surface area contributed by atoms with E-state index in [1.165, 1.54) is 6.07 Å². The van der Waals surface area contributed by atoms with Crippen molar-refractivity contribution in [2.75, 3.05) is 5.32 Å². The van der Waals surface area contributed by atoms with Crippen molar-refractivity contribution in [2.24, 2.45) is 5.41 Å². The molecule has 3 heterocycles. The van der Waals surface area contributed by atoms with Gasteiger partial charge in [-0.25, -0.2) is 9.07 Å². The molecule has 1 spiro atoms. The lowest BCUT2D eigenvalue weighted by atomic mass is 9.95. The molecule has 1 atom stereocenters. The van der Waals surface area contributed by atoms with Gasteiger partial charge in [-0.15, -0.1) is 0 Å². The summed E-state index contributed by atoms with van der Waals surface area (Å²) in [5.74, 6) is -0.216. The first-order valence-corrected chi connectivity index (χ1v) is 8.53. The van der Waals surface area contributed by atoms with E-state index in [0.717, 1.165) is 18.5 Å². The summed E-state index contributed by atoms with van der Waals surface area (Å²) in [5, 5.41) is 7.25. The van der Waals surface area contributed by atoms with Gasteiger partial charge in [-0.1, -0.05) is 0 Å². The minimum absolute atomic E-state index is 0.125. The summed E-state index contributed by atoms with van der Waals surface area (Å²) in [6, 6.07) is 8.28. The number of nitrogens with zero attached hydrogens (tertiary/aromatic N) is 4. The molecule has 6 nitrogen and oxygen atoms in total. The third-order valence-corrected chi connectivity index (χ3v) is 5.55. The van der Waals surface area contributed by atoms with Crippen LogP contribution in [-0.2, 0) is 10.2 Å². The number of amides is 1. The van der Waals surface area contributed by atoms with Crippen molar-refractivity contribution in [3.8, 4) is 5.69 Å². The fourth-order valence-electron chi connectivity index (χ4n) is 3.94. The zero-order valence-corrected chi connectivity index (χ0v) is 13.9. The monoisotopic (exact) mass is 349 g/mol. The molecule has 3 aromatic heterocycles. The first kappa shape index (κ1) is 15.2. The second kappa shape index (κ2) is 5.20. The highest BCUT2D eigenvalue weighted by molar-refractivity contribution is 6.02. The molecular formula is C19H16FN5O. The number of hydrogen-bond acceptors (Lipinski definition) is 4. The zero-order chi connectivity index (χ0) is 17.8. The third-order valence-electron chi connectivity index (χ3n) is 5.55. The third kappa shape index (κ3) is 2.09. The van der Waals surface area contributed by atoms with Crippen molar-refractivity contribution >= 4 is 11.7 Å². The van der Waals surface area contributed by atoms with E-state index in [-0.39, 0.29) is 17.0 Å². The van der Waals surface area contributed by atoms with Crippen LogP contribution in [0.2, 0.25) is 0 Å². The SMILES string of the molecule is O=C(Nc1ccn(-c2ccncc2)n1)C1(c2ncccc2F)CC12CC2. The topological polar surface area (TPSA) is 72.7 Å². The van der Waals surface area contributed by atoms with E-state index in [4.69, 9.17) is 0 Å². The van der Waals surface area contributed by atoms with E-state index >= 15 is 0 Å². The van der Waals surface area contributed by atoms with Crippen molar-refractivity contribution in [3.05, 3.63) is 66.6 Å². The lowest BCUT2D eigenvalue weighted by molar-refractivity contribution is -0.119. The van der Waals surface area contributed by atoms with Gasteiger partial charge in [-0.3, -0.25) is 14.8 Å².